The Balaban J connectivity index is 1.62. The average molecular weight is 368 g/mol. The van der Waals surface area contributed by atoms with Gasteiger partial charge in [0.25, 0.3) is 0 Å². The van der Waals surface area contributed by atoms with Crippen molar-refractivity contribution in [2.75, 3.05) is 5.32 Å². The van der Waals surface area contributed by atoms with E-state index >= 15 is 0 Å². The summed E-state index contributed by atoms with van der Waals surface area (Å²) in [4.78, 5) is 11.2. The van der Waals surface area contributed by atoms with Crippen LogP contribution in [0.15, 0.2) is 36.4 Å². The van der Waals surface area contributed by atoms with Crippen LogP contribution in [0, 0.1) is 24.7 Å². The largest absolute Gasteiger partial charge is 0.478 e. The Kier molecular flexibility index (Phi) is 3.58. The first-order valence-electron chi connectivity index (χ1n) is 9.43. The van der Waals surface area contributed by atoms with Gasteiger partial charge in [0.2, 0.25) is 0 Å². The second-order valence-electron chi connectivity index (χ2n) is 8.12. The summed E-state index contributed by atoms with van der Waals surface area (Å²) < 4.78 is 0. The molecule has 0 radical (unpaired) electrons. The Morgan fingerprint density at radius 2 is 1.85 bits per heavy atom. The van der Waals surface area contributed by atoms with Crippen LogP contribution in [0.4, 0.5) is 5.69 Å². The van der Waals surface area contributed by atoms with E-state index in [1.54, 1.807) is 12.1 Å². The third-order valence-corrected chi connectivity index (χ3v) is 7.38. The summed E-state index contributed by atoms with van der Waals surface area (Å²) in [6, 6.07) is 11.9. The van der Waals surface area contributed by atoms with E-state index in [9.17, 15) is 9.90 Å². The van der Waals surface area contributed by atoms with Crippen molar-refractivity contribution in [1.29, 1.82) is 0 Å². The number of rotatable bonds is 2. The lowest BCUT2D eigenvalue weighted by Crippen LogP contribution is -2.35. The highest BCUT2D eigenvalue weighted by molar-refractivity contribution is 6.31. The molecule has 0 aromatic heterocycles. The Bertz CT molecular complexity index is 892. The molecule has 1 aliphatic heterocycles. The lowest BCUT2D eigenvalue weighted by Gasteiger charge is -2.44. The topological polar surface area (TPSA) is 49.3 Å². The number of benzene rings is 2. The number of fused-ring (bicyclic) bond motifs is 7. The molecule has 3 aliphatic rings. The van der Waals surface area contributed by atoms with Crippen LogP contribution in [0.1, 0.15) is 58.3 Å². The van der Waals surface area contributed by atoms with Gasteiger partial charge in [-0.1, -0.05) is 29.8 Å². The van der Waals surface area contributed by atoms with Crippen molar-refractivity contribution in [3.8, 4) is 0 Å². The van der Waals surface area contributed by atoms with Gasteiger partial charge in [0.1, 0.15) is 0 Å². The van der Waals surface area contributed by atoms with Crippen LogP contribution < -0.4 is 5.32 Å². The third-order valence-electron chi connectivity index (χ3n) is 6.97. The van der Waals surface area contributed by atoms with E-state index < -0.39 is 5.97 Å². The zero-order valence-corrected chi connectivity index (χ0v) is 15.5. The maximum atomic E-state index is 11.2. The smallest absolute Gasteiger partial charge is 0.335 e. The minimum absolute atomic E-state index is 0.225. The number of carbonyl (C=O) groups is 1. The lowest BCUT2D eigenvalue weighted by molar-refractivity contribution is 0.0697. The molecule has 5 atom stereocenters. The van der Waals surface area contributed by atoms with Gasteiger partial charge in [0.15, 0.2) is 0 Å². The van der Waals surface area contributed by atoms with Crippen LogP contribution in [-0.2, 0) is 0 Å². The van der Waals surface area contributed by atoms with Crippen molar-refractivity contribution in [3.63, 3.8) is 0 Å². The van der Waals surface area contributed by atoms with Gasteiger partial charge in [-0.3, -0.25) is 0 Å². The molecule has 2 fully saturated rings. The quantitative estimate of drug-likeness (QED) is 0.721. The van der Waals surface area contributed by atoms with Crippen LogP contribution in [-0.4, -0.2) is 11.1 Å². The molecule has 2 N–H and O–H groups in total. The molecule has 0 unspecified atom stereocenters. The normalized spacial score (nSPS) is 31.2. The van der Waals surface area contributed by atoms with Gasteiger partial charge in [-0.15, -0.1) is 0 Å². The van der Waals surface area contributed by atoms with E-state index in [2.05, 4.69) is 18.3 Å². The van der Waals surface area contributed by atoms with E-state index in [1.165, 1.54) is 36.1 Å². The Labute approximate surface area is 158 Å². The van der Waals surface area contributed by atoms with Crippen LogP contribution in [0.25, 0.3) is 0 Å². The van der Waals surface area contributed by atoms with Crippen LogP contribution in [0.2, 0.25) is 5.02 Å². The highest BCUT2D eigenvalue weighted by Gasteiger charge is 2.54. The first-order chi connectivity index (χ1) is 12.5. The van der Waals surface area contributed by atoms with Gasteiger partial charge >= 0.3 is 5.97 Å². The molecule has 2 saturated carbocycles. The molecule has 2 aliphatic carbocycles. The first kappa shape index (κ1) is 16.2. The second-order valence-corrected chi connectivity index (χ2v) is 8.53. The standard InChI is InChI=1S/C22H22ClNO2/c1-11-17(23)9-8-16-18-14-6-7-15(10-14)19(18)21(24-20(11)16)12-2-4-13(5-3-12)22(25)26/h2-5,8-9,14-15,18-19,21,24H,6-7,10H2,1H3,(H,25,26)/t14-,15-,18-,19-,21+/m0/s1. The lowest BCUT2D eigenvalue weighted by atomic mass is 9.67. The molecule has 1 heterocycles. The second kappa shape index (κ2) is 5.75. The molecule has 2 bridgehead atoms. The number of halogens is 1. The molecule has 0 amide bonds. The monoisotopic (exact) mass is 367 g/mol. The molecule has 4 heteroatoms. The van der Waals surface area contributed by atoms with Gasteiger partial charge in [0.05, 0.1) is 11.6 Å². The summed E-state index contributed by atoms with van der Waals surface area (Å²) in [5.41, 5.74) is 5.27. The van der Waals surface area contributed by atoms with Crippen molar-refractivity contribution in [2.24, 2.45) is 17.8 Å². The van der Waals surface area contributed by atoms with Crippen molar-refractivity contribution >= 4 is 23.3 Å². The maximum Gasteiger partial charge on any atom is 0.335 e. The van der Waals surface area contributed by atoms with Crippen molar-refractivity contribution < 1.29 is 9.90 Å². The zero-order valence-electron chi connectivity index (χ0n) is 14.7. The summed E-state index contributed by atoms with van der Waals surface area (Å²) in [6.45, 7) is 2.09. The highest BCUT2D eigenvalue weighted by Crippen LogP contribution is 2.64. The predicted molar refractivity (Wildman–Crippen MR) is 103 cm³/mol. The van der Waals surface area contributed by atoms with Crippen molar-refractivity contribution in [1.82, 2.24) is 0 Å². The molecule has 0 spiro atoms. The Morgan fingerprint density at radius 1 is 1.12 bits per heavy atom. The minimum atomic E-state index is -0.876. The van der Waals surface area contributed by atoms with Crippen molar-refractivity contribution in [2.45, 2.75) is 38.1 Å². The van der Waals surface area contributed by atoms with Gasteiger partial charge in [0, 0.05) is 10.7 Å². The average Bonchev–Trinajstić information content (AvgIpc) is 3.26. The van der Waals surface area contributed by atoms with Gasteiger partial charge in [-0.25, -0.2) is 4.79 Å². The number of carboxylic acid groups (broad SMARTS) is 1. The van der Waals surface area contributed by atoms with E-state index in [-0.39, 0.29) is 6.04 Å². The molecule has 26 heavy (non-hydrogen) atoms. The third kappa shape index (κ3) is 2.23. The van der Waals surface area contributed by atoms with Crippen LogP contribution >= 0.6 is 11.6 Å². The van der Waals surface area contributed by atoms with E-state index in [0.29, 0.717) is 17.4 Å². The van der Waals surface area contributed by atoms with Gasteiger partial charge < -0.3 is 10.4 Å². The summed E-state index contributed by atoms with van der Waals surface area (Å²) in [5, 5.41) is 13.8. The molecular weight excluding hydrogens is 346 g/mol. The van der Waals surface area contributed by atoms with Gasteiger partial charge in [-0.2, -0.15) is 0 Å². The van der Waals surface area contributed by atoms with E-state index in [4.69, 9.17) is 11.6 Å². The van der Waals surface area contributed by atoms with Crippen LogP contribution in [0.5, 0.6) is 0 Å². The maximum absolute atomic E-state index is 11.2. The predicted octanol–water partition coefficient (Wildman–Crippen LogP) is 5.64. The number of carboxylic acids is 1. The molecular formula is C22H22ClNO2. The summed E-state index contributed by atoms with van der Waals surface area (Å²) >= 11 is 6.41. The van der Waals surface area contributed by atoms with Crippen molar-refractivity contribution in [3.05, 3.63) is 63.7 Å². The van der Waals surface area contributed by atoms with E-state index in [1.807, 2.05) is 18.2 Å². The number of hydrogen-bond donors (Lipinski definition) is 2. The van der Waals surface area contributed by atoms with E-state index in [0.717, 1.165) is 22.4 Å². The molecule has 134 valence electrons. The fourth-order valence-corrected chi connectivity index (χ4v) is 6.00. The zero-order chi connectivity index (χ0) is 18.0. The SMILES string of the molecule is Cc1c(Cl)ccc2c1N[C@H](c1ccc(C(=O)O)cc1)[C@H]1[C@H]3CC[C@@H](C3)[C@@H]21. The Hall–Kier alpha value is -2.00. The van der Waals surface area contributed by atoms with Gasteiger partial charge in [-0.05, 0) is 84.7 Å². The molecule has 0 saturated heterocycles. The molecule has 3 nitrogen and oxygen atoms in total. The highest BCUT2D eigenvalue weighted by atomic mass is 35.5. The summed E-state index contributed by atoms with van der Waals surface area (Å²) in [7, 11) is 0. The fourth-order valence-electron chi connectivity index (χ4n) is 5.84. The Morgan fingerprint density at radius 3 is 2.58 bits per heavy atom. The van der Waals surface area contributed by atoms with Crippen LogP contribution in [0.3, 0.4) is 0 Å². The minimum Gasteiger partial charge on any atom is -0.478 e. The molecule has 5 rings (SSSR count). The molecule has 2 aromatic carbocycles. The first-order valence-corrected chi connectivity index (χ1v) is 9.81. The molecule has 2 aromatic rings. The number of anilines is 1. The number of aromatic carboxylic acids is 1. The summed E-state index contributed by atoms with van der Waals surface area (Å²) in [5.74, 6) is 1.82. The number of hydrogen-bond acceptors (Lipinski definition) is 2. The number of nitrogens with one attached hydrogen (secondary N) is 1. The fraction of sp³-hybridized carbons (Fsp3) is 0.409. The summed E-state index contributed by atoms with van der Waals surface area (Å²) in [6.07, 6.45) is 3.97.